The Bertz CT molecular complexity index is 546. The minimum absolute atomic E-state index is 0.0322. The maximum atomic E-state index is 11.5. The quantitative estimate of drug-likeness (QED) is 0.891. The number of hydrogen-bond acceptors (Lipinski definition) is 3. The van der Waals surface area contributed by atoms with Crippen LogP contribution >= 0.6 is 11.3 Å². The normalized spacial score (nSPS) is 10.4. The zero-order valence-corrected chi connectivity index (χ0v) is 12.1. The lowest BCUT2D eigenvalue weighted by molar-refractivity contribution is -0.116. The minimum Gasteiger partial charge on any atom is -0.302 e. The van der Waals surface area contributed by atoms with Crippen molar-refractivity contribution < 1.29 is 4.79 Å². The maximum Gasteiger partial charge on any atom is 0.226 e. The fourth-order valence-electron chi connectivity index (χ4n) is 1.78. The topological polar surface area (TPSA) is 42.0 Å². The fraction of sp³-hybridized carbons (Fsp3) is 0.333. The number of aromatic nitrogens is 1. The number of nitrogens with one attached hydrogen (secondary N) is 1. The molecule has 0 fully saturated rings. The Morgan fingerprint density at radius 2 is 2.00 bits per heavy atom. The van der Waals surface area contributed by atoms with Crippen LogP contribution in [0.25, 0.3) is 11.3 Å². The van der Waals surface area contributed by atoms with E-state index in [2.05, 4.69) is 41.5 Å². The molecule has 2 rings (SSSR count). The Labute approximate surface area is 117 Å². The van der Waals surface area contributed by atoms with E-state index in [-0.39, 0.29) is 5.91 Å². The lowest BCUT2D eigenvalue weighted by Crippen LogP contribution is -2.10. The summed E-state index contributed by atoms with van der Waals surface area (Å²) >= 11 is 1.47. The lowest BCUT2D eigenvalue weighted by atomic mass is 10.1. The smallest absolute Gasteiger partial charge is 0.226 e. The average Bonchev–Trinajstić information content (AvgIpc) is 2.87. The van der Waals surface area contributed by atoms with Crippen LogP contribution in [0.1, 0.15) is 32.3 Å². The second-order valence-electron chi connectivity index (χ2n) is 4.39. The molecule has 0 aliphatic carbocycles. The van der Waals surface area contributed by atoms with Crippen molar-refractivity contribution in [2.45, 2.75) is 33.1 Å². The molecular weight excluding hydrogens is 256 g/mol. The molecule has 19 heavy (non-hydrogen) atoms. The predicted molar refractivity (Wildman–Crippen MR) is 80.5 cm³/mol. The van der Waals surface area contributed by atoms with Crippen LogP contribution in [-0.4, -0.2) is 10.9 Å². The zero-order valence-electron chi connectivity index (χ0n) is 11.3. The highest BCUT2D eigenvalue weighted by molar-refractivity contribution is 7.14. The molecular formula is C15H18N2OS. The molecule has 1 aromatic carbocycles. The zero-order chi connectivity index (χ0) is 13.7. The SMILES string of the molecule is CCCC(=O)Nc1nc(-c2ccc(CC)cc2)cs1. The highest BCUT2D eigenvalue weighted by Crippen LogP contribution is 2.25. The molecule has 1 amide bonds. The van der Waals surface area contributed by atoms with Gasteiger partial charge in [-0.25, -0.2) is 4.98 Å². The summed E-state index contributed by atoms with van der Waals surface area (Å²) in [6.45, 7) is 4.13. The predicted octanol–water partition coefficient (Wildman–Crippen LogP) is 4.11. The van der Waals surface area contributed by atoms with Crippen molar-refractivity contribution in [2.24, 2.45) is 0 Å². The van der Waals surface area contributed by atoms with Crippen molar-refractivity contribution in [1.82, 2.24) is 4.98 Å². The van der Waals surface area contributed by atoms with Crippen LogP contribution in [0.15, 0.2) is 29.6 Å². The van der Waals surface area contributed by atoms with E-state index in [0.717, 1.165) is 24.1 Å². The molecule has 0 bridgehead atoms. The van der Waals surface area contributed by atoms with Crippen LogP contribution in [0.3, 0.4) is 0 Å². The molecule has 100 valence electrons. The van der Waals surface area contributed by atoms with E-state index in [0.29, 0.717) is 11.6 Å². The molecule has 0 aliphatic rings. The van der Waals surface area contributed by atoms with Gasteiger partial charge < -0.3 is 5.32 Å². The first-order valence-electron chi connectivity index (χ1n) is 6.57. The van der Waals surface area contributed by atoms with E-state index in [4.69, 9.17) is 0 Å². The first-order valence-corrected chi connectivity index (χ1v) is 7.45. The van der Waals surface area contributed by atoms with Crippen LogP contribution in [0.5, 0.6) is 0 Å². The van der Waals surface area contributed by atoms with Crippen LogP contribution in [0.2, 0.25) is 0 Å². The molecule has 1 heterocycles. The van der Waals surface area contributed by atoms with Crippen LogP contribution in [0, 0.1) is 0 Å². The van der Waals surface area contributed by atoms with Gasteiger partial charge in [0.2, 0.25) is 5.91 Å². The molecule has 1 aromatic heterocycles. The number of nitrogens with zero attached hydrogens (tertiary/aromatic N) is 1. The molecule has 0 spiro atoms. The minimum atomic E-state index is 0.0322. The summed E-state index contributed by atoms with van der Waals surface area (Å²) in [5, 5.41) is 5.47. The molecule has 2 aromatic rings. The fourth-order valence-corrected chi connectivity index (χ4v) is 2.52. The van der Waals surface area contributed by atoms with Gasteiger partial charge in [0, 0.05) is 17.4 Å². The van der Waals surface area contributed by atoms with Gasteiger partial charge in [-0.2, -0.15) is 0 Å². The first kappa shape index (κ1) is 13.7. The molecule has 1 N–H and O–H groups in total. The number of amides is 1. The number of anilines is 1. The molecule has 0 saturated heterocycles. The number of carbonyl (C=O) groups is 1. The van der Waals surface area contributed by atoms with E-state index in [9.17, 15) is 4.79 Å². The third-order valence-corrected chi connectivity index (χ3v) is 3.64. The Kier molecular flexibility index (Phi) is 4.68. The van der Waals surface area contributed by atoms with Gasteiger partial charge in [-0.3, -0.25) is 4.79 Å². The van der Waals surface area contributed by atoms with Gasteiger partial charge in [-0.15, -0.1) is 11.3 Å². The standard InChI is InChI=1S/C15H18N2OS/c1-3-5-14(18)17-15-16-13(10-19-15)12-8-6-11(4-2)7-9-12/h6-10H,3-5H2,1-2H3,(H,16,17,18). The van der Waals surface area contributed by atoms with Gasteiger partial charge >= 0.3 is 0 Å². The summed E-state index contributed by atoms with van der Waals surface area (Å²) in [5.41, 5.74) is 3.32. The third-order valence-electron chi connectivity index (χ3n) is 2.89. The van der Waals surface area contributed by atoms with Crippen molar-refractivity contribution in [3.05, 3.63) is 35.2 Å². The van der Waals surface area contributed by atoms with Crippen LogP contribution in [-0.2, 0) is 11.2 Å². The molecule has 3 nitrogen and oxygen atoms in total. The first-order chi connectivity index (χ1) is 9.22. The Hall–Kier alpha value is -1.68. The Morgan fingerprint density at radius 3 is 2.63 bits per heavy atom. The number of hydrogen-bond donors (Lipinski definition) is 1. The van der Waals surface area contributed by atoms with Crippen molar-refractivity contribution in [3.63, 3.8) is 0 Å². The van der Waals surface area contributed by atoms with Gasteiger partial charge in [0.15, 0.2) is 5.13 Å². The van der Waals surface area contributed by atoms with Gasteiger partial charge in [0.1, 0.15) is 0 Å². The van der Waals surface area contributed by atoms with E-state index in [1.165, 1.54) is 16.9 Å². The lowest BCUT2D eigenvalue weighted by Gasteiger charge is -2.00. The van der Waals surface area contributed by atoms with E-state index in [1.807, 2.05) is 12.3 Å². The highest BCUT2D eigenvalue weighted by atomic mass is 32.1. The molecule has 0 atom stereocenters. The number of aryl methyl sites for hydroxylation is 1. The largest absolute Gasteiger partial charge is 0.302 e. The van der Waals surface area contributed by atoms with Gasteiger partial charge in [0.05, 0.1) is 5.69 Å². The van der Waals surface area contributed by atoms with Crippen molar-refractivity contribution >= 4 is 22.4 Å². The van der Waals surface area contributed by atoms with E-state index < -0.39 is 0 Å². The van der Waals surface area contributed by atoms with Crippen molar-refractivity contribution in [3.8, 4) is 11.3 Å². The second kappa shape index (κ2) is 6.48. The van der Waals surface area contributed by atoms with E-state index in [1.54, 1.807) is 0 Å². The summed E-state index contributed by atoms with van der Waals surface area (Å²) in [7, 11) is 0. The summed E-state index contributed by atoms with van der Waals surface area (Å²) in [6.07, 6.45) is 2.43. The third kappa shape index (κ3) is 3.64. The van der Waals surface area contributed by atoms with Crippen LogP contribution < -0.4 is 5.32 Å². The van der Waals surface area contributed by atoms with Gasteiger partial charge in [0.25, 0.3) is 0 Å². The second-order valence-corrected chi connectivity index (χ2v) is 5.24. The van der Waals surface area contributed by atoms with Gasteiger partial charge in [-0.1, -0.05) is 38.1 Å². The Morgan fingerprint density at radius 1 is 1.26 bits per heavy atom. The summed E-state index contributed by atoms with van der Waals surface area (Å²) < 4.78 is 0. The molecule has 4 heteroatoms. The average molecular weight is 274 g/mol. The number of carbonyl (C=O) groups excluding carboxylic acids is 1. The van der Waals surface area contributed by atoms with Crippen molar-refractivity contribution in [2.75, 3.05) is 5.32 Å². The maximum absolute atomic E-state index is 11.5. The summed E-state index contributed by atoms with van der Waals surface area (Å²) in [5.74, 6) is 0.0322. The number of thiazole rings is 1. The highest BCUT2D eigenvalue weighted by Gasteiger charge is 2.07. The molecule has 0 unspecified atom stereocenters. The van der Waals surface area contributed by atoms with E-state index >= 15 is 0 Å². The summed E-state index contributed by atoms with van der Waals surface area (Å²) in [6, 6.07) is 8.38. The molecule has 0 saturated carbocycles. The number of benzene rings is 1. The molecule has 0 radical (unpaired) electrons. The molecule has 0 aliphatic heterocycles. The Balaban J connectivity index is 2.09. The monoisotopic (exact) mass is 274 g/mol. The van der Waals surface area contributed by atoms with Crippen molar-refractivity contribution in [1.29, 1.82) is 0 Å². The van der Waals surface area contributed by atoms with Gasteiger partial charge in [-0.05, 0) is 18.4 Å². The number of rotatable bonds is 5. The van der Waals surface area contributed by atoms with Crippen LogP contribution in [0.4, 0.5) is 5.13 Å². The summed E-state index contributed by atoms with van der Waals surface area (Å²) in [4.78, 5) is 15.9.